The number of amides is 1. The average Bonchev–Trinajstić information content (AvgIpc) is 2.29. The Hall–Kier alpha value is -2.30. The Morgan fingerprint density at radius 2 is 1.94 bits per heavy atom. The molecule has 2 rings (SSSR count). The molecule has 0 aromatic carbocycles. The smallest absolute Gasteiger partial charge is 0.286 e. The van der Waals surface area contributed by atoms with E-state index in [4.69, 9.17) is 5.73 Å². The quantitative estimate of drug-likeness (QED) is 0.806. The van der Waals surface area contributed by atoms with Crippen LogP contribution in [0.3, 0.4) is 0 Å². The topological polar surface area (TPSA) is 81.8 Å². The summed E-state index contributed by atoms with van der Waals surface area (Å²) < 4.78 is 0. The second-order valence-corrected chi connectivity index (χ2v) is 3.32. The minimum Gasteiger partial charge on any atom is -0.363 e. The molecule has 1 amide bonds. The maximum Gasteiger partial charge on any atom is 0.286 e. The first-order chi connectivity index (χ1) is 7.66. The predicted octanol–water partition coefficient (Wildman–Crippen LogP) is 0.946. The zero-order chi connectivity index (χ0) is 11.5. The van der Waals surface area contributed by atoms with Crippen LogP contribution in [0.25, 0.3) is 11.3 Å². The summed E-state index contributed by atoms with van der Waals surface area (Å²) in [5.41, 5.74) is 7.41. The highest BCUT2D eigenvalue weighted by atomic mass is 16.1. The lowest BCUT2D eigenvalue weighted by molar-refractivity contribution is 0.0990. The summed E-state index contributed by atoms with van der Waals surface area (Å²) >= 11 is 0. The number of nitrogens with zero attached hydrogens (tertiary/aromatic N) is 3. The van der Waals surface area contributed by atoms with E-state index in [1.165, 1.54) is 0 Å². The predicted molar refractivity (Wildman–Crippen MR) is 58.5 cm³/mol. The molecular formula is C11H10N4O. The summed E-state index contributed by atoms with van der Waals surface area (Å²) in [6, 6.07) is 5.42. The molecule has 5 heteroatoms. The fourth-order valence-corrected chi connectivity index (χ4v) is 1.35. The Morgan fingerprint density at radius 3 is 2.56 bits per heavy atom. The molecule has 0 radical (unpaired) electrons. The summed E-state index contributed by atoms with van der Waals surface area (Å²) in [4.78, 5) is 23.0. The summed E-state index contributed by atoms with van der Waals surface area (Å²) in [5, 5.41) is 0. The molecule has 0 aliphatic carbocycles. The van der Waals surface area contributed by atoms with Gasteiger partial charge in [-0.25, -0.2) is 9.97 Å². The fraction of sp³-hybridized carbons (Fsp3) is 0.0909. The van der Waals surface area contributed by atoms with Gasteiger partial charge in [0.1, 0.15) is 0 Å². The number of nitrogens with two attached hydrogens (primary N) is 1. The average molecular weight is 214 g/mol. The van der Waals surface area contributed by atoms with E-state index < -0.39 is 5.91 Å². The number of aromatic nitrogens is 3. The van der Waals surface area contributed by atoms with Gasteiger partial charge >= 0.3 is 0 Å². The Labute approximate surface area is 92.4 Å². The Morgan fingerprint density at radius 1 is 1.25 bits per heavy atom. The van der Waals surface area contributed by atoms with Crippen molar-refractivity contribution in [1.29, 1.82) is 0 Å². The van der Waals surface area contributed by atoms with Gasteiger partial charge < -0.3 is 5.73 Å². The van der Waals surface area contributed by atoms with Gasteiger partial charge in [-0.1, -0.05) is 0 Å². The highest BCUT2D eigenvalue weighted by Crippen LogP contribution is 2.16. The molecular weight excluding hydrogens is 204 g/mol. The van der Waals surface area contributed by atoms with Crippen molar-refractivity contribution in [2.24, 2.45) is 5.73 Å². The van der Waals surface area contributed by atoms with Crippen LogP contribution >= 0.6 is 0 Å². The van der Waals surface area contributed by atoms with Gasteiger partial charge in [-0.3, -0.25) is 9.78 Å². The lowest BCUT2D eigenvalue weighted by Crippen LogP contribution is -2.16. The summed E-state index contributed by atoms with van der Waals surface area (Å²) in [6.07, 6.45) is 3.33. The van der Waals surface area contributed by atoms with Gasteiger partial charge in [0, 0.05) is 23.7 Å². The van der Waals surface area contributed by atoms with Crippen molar-refractivity contribution in [3.63, 3.8) is 0 Å². The van der Waals surface area contributed by atoms with Crippen molar-refractivity contribution in [2.45, 2.75) is 6.92 Å². The van der Waals surface area contributed by atoms with E-state index >= 15 is 0 Å². The largest absolute Gasteiger partial charge is 0.363 e. The normalized spacial score (nSPS) is 10.1. The highest BCUT2D eigenvalue weighted by Gasteiger charge is 2.08. The van der Waals surface area contributed by atoms with Crippen LogP contribution in [0.5, 0.6) is 0 Å². The molecule has 16 heavy (non-hydrogen) atoms. The molecule has 2 N–H and O–H groups in total. The molecule has 2 heterocycles. The van der Waals surface area contributed by atoms with Gasteiger partial charge in [0.05, 0.1) is 5.69 Å². The van der Waals surface area contributed by atoms with Crippen LogP contribution in [-0.2, 0) is 0 Å². The first-order valence-electron chi connectivity index (χ1n) is 4.72. The second-order valence-electron chi connectivity index (χ2n) is 3.32. The molecule has 5 nitrogen and oxygen atoms in total. The van der Waals surface area contributed by atoms with Gasteiger partial charge in [-0.05, 0) is 25.1 Å². The maximum atomic E-state index is 11.0. The zero-order valence-corrected chi connectivity index (χ0v) is 8.71. The maximum absolute atomic E-state index is 11.0. The molecule has 0 spiro atoms. The van der Waals surface area contributed by atoms with E-state index in [0.29, 0.717) is 11.4 Å². The van der Waals surface area contributed by atoms with Gasteiger partial charge in [-0.15, -0.1) is 0 Å². The SMILES string of the molecule is Cc1cc(-c2ccncc2)nc(C(N)=O)n1. The summed E-state index contributed by atoms with van der Waals surface area (Å²) in [5.74, 6) is -0.592. The Kier molecular flexibility index (Phi) is 2.59. The van der Waals surface area contributed by atoms with Gasteiger partial charge in [0.15, 0.2) is 0 Å². The van der Waals surface area contributed by atoms with Crippen molar-refractivity contribution < 1.29 is 4.79 Å². The number of primary amides is 1. The van der Waals surface area contributed by atoms with Crippen molar-refractivity contribution in [2.75, 3.05) is 0 Å². The lowest BCUT2D eigenvalue weighted by Gasteiger charge is -2.03. The molecule has 2 aromatic heterocycles. The lowest BCUT2D eigenvalue weighted by atomic mass is 10.2. The fourth-order valence-electron chi connectivity index (χ4n) is 1.35. The number of aryl methyl sites for hydroxylation is 1. The van der Waals surface area contributed by atoms with Crippen molar-refractivity contribution >= 4 is 5.91 Å². The number of rotatable bonds is 2. The molecule has 0 saturated heterocycles. The Bertz CT molecular complexity index is 525. The van der Waals surface area contributed by atoms with Crippen molar-refractivity contribution in [3.8, 4) is 11.3 Å². The molecule has 0 bridgehead atoms. The van der Waals surface area contributed by atoms with E-state index in [9.17, 15) is 4.79 Å². The van der Waals surface area contributed by atoms with Crippen molar-refractivity contribution in [3.05, 3.63) is 42.1 Å². The molecule has 0 aliphatic rings. The monoisotopic (exact) mass is 214 g/mol. The first kappa shape index (κ1) is 10.2. The molecule has 0 saturated carbocycles. The minimum atomic E-state index is -0.626. The summed E-state index contributed by atoms with van der Waals surface area (Å²) in [6.45, 7) is 1.79. The van der Waals surface area contributed by atoms with Crippen LogP contribution in [0.15, 0.2) is 30.6 Å². The van der Waals surface area contributed by atoms with Crippen LogP contribution < -0.4 is 5.73 Å². The highest BCUT2D eigenvalue weighted by molar-refractivity contribution is 5.89. The molecule has 0 fully saturated rings. The van der Waals surface area contributed by atoms with Crippen molar-refractivity contribution in [1.82, 2.24) is 15.0 Å². The number of carbonyl (C=O) groups excluding carboxylic acids is 1. The third-order valence-corrected chi connectivity index (χ3v) is 2.05. The van der Waals surface area contributed by atoms with E-state index in [-0.39, 0.29) is 5.82 Å². The van der Waals surface area contributed by atoms with E-state index in [1.807, 2.05) is 12.1 Å². The van der Waals surface area contributed by atoms with Gasteiger partial charge in [0.2, 0.25) is 5.82 Å². The number of carbonyl (C=O) groups is 1. The third-order valence-electron chi connectivity index (χ3n) is 2.05. The van der Waals surface area contributed by atoms with E-state index in [2.05, 4.69) is 15.0 Å². The minimum absolute atomic E-state index is 0.0341. The Balaban J connectivity index is 2.54. The van der Waals surface area contributed by atoms with E-state index in [0.717, 1.165) is 5.56 Å². The van der Waals surface area contributed by atoms with Gasteiger partial charge in [-0.2, -0.15) is 0 Å². The molecule has 80 valence electrons. The number of hydrogen-bond acceptors (Lipinski definition) is 4. The molecule has 0 unspecified atom stereocenters. The summed E-state index contributed by atoms with van der Waals surface area (Å²) in [7, 11) is 0. The second kappa shape index (κ2) is 4.06. The number of hydrogen-bond donors (Lipinski definition) is 1. The third kappa shape index (κ3) is 2.03. The molecule has 0 aliphatic heterocycles. The molecule has 0 atom stereocenters. The standard InChI is InChI=1S/C11H10N4O/c1-7-6-9(8-2-4-13-5-3-8)15-11(14-7)10(12)16/h2-6H,1H3,(H2,12,16). The molecule has 2 aromatic rings. The van der Waals surface area contributed by atoms with Crippen LogP contribution in [0.1, 0.15) is 16.3 Å². The van der Waals surface area contributed by atoms with Crippen LogP contribution in [0.2, 0.25) is 0 Å². The van der Waals surface area contributed by atoms with E-state index in [1.54, 1.807) is 25.4 Å². The van der Waals surface area contributed by atoms with Crippen LogP contribution in [-0.4, -0.2) is 20.9 Å². The van der Waals surface area contributed by atoms with Crippen LogP contribution in [0, 0.1) is 6.92 Å². The first-order valence-corrected chi connectivity index (χ1v) is 4.72. The number of pyridine rings is 1. The van der Waals surface area contributed by atoms with Gasteiger partial charge in [0.25, 0.3) is 5.91 Å². The zero-order valence-electron chi connectivity index (χ0n) is 8.71. The van der Waals surface area contributed by atoms with Crippen LogP contribution in [0.4, 0.5) is 0 Å².